The standard InChI is InChI=1S/C12H15N3O2S/c1-9-3-2-4-10(5-9)13-6-11(16)8-17-12-7-14-18-15-12/h2-5,7,11,13,16H,6,8H2,1H3. The summed E-state index contributed by atoms with van der Waals surface area (Å²) in [5, 5.41) is 12.9. The van der Waals surface area contributed by atoms with Crippen LogP contribution in [-0.2, 0) is 0 Å². The van der Waals surface area contributed by atoms with Crippen LogP contribution in [-0.4, -0.2) is 33.1 Å². The zero-order valence-electron chi connectivity index (χ0n) is 10.0. The van der Waals surface area contributed by atoms with Crippen LogP contribution >= 0.6 is 11.7 Å². The van der Waals surface area contributed by atoms with Gasteiger partial charge in [-0.25, -0.2) is 0 Å². The molecule has 5 nitrogen and oxygen atoms in total. The minimum absolute atomic E-state index is 0.199. The Morgan fingerprint density at radius 2 is 2.39 bits per heavy atom. The van der Waals surface area contributed by atoms with Crippen LogP contribution in [0.5, 0.6) is 5.88 Å². The Hall–Kier alpha value is -1.66. The van der Waals surface area contributed by atoms with Crippen molar-refractivity contribution >= 4 is 17.4 Å². The van der Waals surface area contributed by atoms with E-state index in [-0.39, 0.29) is 6.61 Å². The molecule has 1 aromatic heterocycles. The van der Waals surface area contributed by atoms with Gasteiger partial charge in [0.05, 0.1) is 11.7 Å². The lowest BCUT2D eigenvalue weighted by molar-refractivity contribution is 0.115. The van der Waals surface area contributed by atoms with Crippen molar-refractivity contribution in [3.05, 3.63) is 36.0 Å². The second-order valence-electron chi connectivity index (χ2n) is 3.96. The van der Waals surface area contributed by atoms with Gasteiger partial charge in [0.25, 0.3) is 0 Å². The molecule has 1 heterocycles. The molecule has 0 aliphatic heterocycles. The fourth-order valence-corrected chi connectivity index (χ4v) is 1.82. The highest BCUT2D eigenvalue weighted by Crippen LogP contribution is 2.10. The number of anilines is 1. The third-order valence-corrected chi connectivity index (χ3v) is 2.79. The van der Waals surface area contributed by atoms with Gasteiger partial charge in [-0.3, -0.25) is 0 Å². The molecule has 0 amide bonds. The molecule has 2 aromatic rings. The number of nitrogens with one attached hydrogen (secondary N) is 1. The van der Waals surface area contributed by atoms with E-state index >= 15 is 0 Å². The number of ether oxygens (including phenoxy) is 1. The van der Waals surface area contributed by atoms with E-state index in [1.54, 1.807) is 0 Å². The monoisotopic (exact) mass is 265 g/mol. The first-order chi connectivity index (χ1) is 8.74. The molecule has 0 aliphatic rings. The lowest BCUT2D eigenvalue weighted by atomic mass is 10.2. The van der Waals surface area contributed by atoms with Crippen molar-refractivity contribution in [1.29, 1.82) is 0 Å². The van der Waals surface area contributed by atoms with Crippen molar-refractivity contribution < 1.29 is 9.84 Å². The lowest BCUT2D eigenvalue weighted by Crippen LogP contribution is -2.26. The number of nitrogens with zero attached hydrogens (tertiary/aromatic N) is 2. The molecule has 1 atom stereocenters. The predicted molar refractivity (Wildman–Crippen MR) is 71.1 cm³/mol. The molecule has 0 spiro atoms. The van der Waals surface area contributed by atoms with Crippen LogP contribution in [0.25, 0.3) is 0 Å². The van der Waals surface area contributed by atoms with Gasteiger partial charge in [0, 0.05) is 12.2 Å². The van der Waals surface area contributed by atoms with Crippen molar-refractivity contribution in [3.63, 3.8) is 0 Å². The Kier molecular flexibility index (Phi) is 4.49. The molecule has 0 radical (unpaired) electrons. The van der Waals surface area contributed by atoms with Gasteiger partial charge in [-0.1, -0.05) is 12.1 Å². The summed E-state index contributed by atoms with van der Waals surface area (Å²) in [7, 11) is 0. The molecule has 6 heteroatoms. The Balaban J connectivity index is 1.73. The predicted octanol–water partition coefficient (Wildman–Crippen LogP) is 1.70. The average Bonchev–Trinajstić information content (AvgIpc) is 2.87. The van der Waals surface area contributed by atoms with Gasteiger partial charge in [0.1, 0.15) is 18.9 Å². The largest absolute Gasteiger partial charge is 0.473 e. The highest BCUT2D eigenvalue weighted by molar-refractivity contribution is 6.99. The first-order valence-electron chi connectivity index (χ1n) is 5.63. The van der Waals surface area contributed by atoms with Gasteiger partial charge >= 0.3 is 0 Å². The Bertz CT molecular complexity index is 476. The molecule has 0 saturated heterocycles. The maximum atomic E-state index is 9.75. The summed E-state index contributed by atoms with van der Waals surface area (Å²) in [5.41, 5.74) is 2.17. The Labute approximate surface area is 110 Å². The van der Waals surface area contributed by atoms with E-state index in [4.69, 9.17) is 4.74 Å². The molecule has 0 fully saturated rings. The fourth-order valence-electron chi connectivity index (χ4n) is 1.45. The molecule has 1 unspecified atom stereocenters. The maximum absolute atomic E-state index is 9.75. The molecule has 2 N–H and O–H groups in total. The van der Waals surface area contributed by atoms with Crippen molar-refractivity contribution in [2.24, 2.45) is 0 Å². The van der Waals surface area contributed by atoms with Gasteiger partial charge in [0.2, 0.25) is 5.88 Å². The summed E-state index contributed by atoms with van der Waals surface area (Å²) >= 11 is 1.08. The van der Waals surface area contributed by atoms with Crippen molar-refractivity contribution in [2.45, 2.75) is 13.0 Å². The second kappa shape index (κ2) is 6.32. The second-order valence-corrected chi connectivity index (χ2v) is 4.52. The summed E-state index contributed by atoms with van der Waals surface area (Å²) in [6.45, 7) is 2.66. The number of hydrogen-bond donors (Lipinski definition) is 2. The number of aryl methyl sites for hydroxylation is 1. The summed E-state index contributed by atoms with van der Waals surface area (Å²) in [6, 6.07) is 7.99. The van der Waals surface area contributed by atoms with E-state index in [1.165, 1.54) is 11.8 Å². The van der Waals surface area contributed by atoms with Crippen LogP contribution in [0.2, 0.25) is 0 Å². The van der Waals surface area contributed by atoms with Crippen molar-refractivity contribution in [3.8, 4) is 5.88 Å². The molecule has 18 heavy (non-hydrogen) atoms. The van der Waals surface area contributed by atoms with Crippen LogP contribution < -0.4 is 10.1 Å². The van der Waals surface area contributed by atoms with E-state index in [0.717, 1.165) is 17.4 Å². The average molecular weight is 265 g/mol. The summed E-state index contributed by atoms with van der Waals surface area (Å²) in [4.78, 5) is 0. The number of benzene rings is 1. The summed E-state index contributed by atoms with van der Waals surface area (Å²) in [5.74, 6) is 0.453. The number of aliphatic hydroxyl groups is 1. The third kappa shape index (κ3) is 3.97. The smallest absolute Gasteiger partial charge is 0.245 e. The van der Waals surface area contributed by atoms with E-state index in [2.05, 4.69) is 14.1 Å². The number of aliphatic hydroxyl groups excluding tert-OH is 1. The SMILES string of the molecule is Cc1cccc(NCC(O)COc2cnsn2)c1. The fraction of sp³-hybridized carbons (Fsp3) is 0.333. The van der Waals surface area contributed by atoms with E-state index in [1.807, 2.05) is 31.2 Å². The number of aromatic nitrogens is 2. The van der Waals surface area contributed by atoms with Gasteiger partial charge in [-0.2, -0.15) is 4.37 Å². The van der Waals surface area contributed by atoms with Crippen molar-refractivity contribution in [2.75, 3.05) is 18.5 Å². The zero-order valence-corrected chi connectivity index (χ0v) is 10.9. The normalized spacial score (nSPS) is 12.1. The first kappa shape index (κ1) is 12.8. The minimum Gasteiger partial charge on any atom is -0.473 e. The quantitative estimate of drug-likeness (QED) is 0.832. The third-order valence-electron chi connectivity index (χ3n) is 2.32. The molecular weight excluding hydrogens is 250 g/mol. The lowest BCUT2D eigenvalue weighted by Gasteiger charge is -2.13. The summed E-state index contributed by atoms with van der Waals surface area (Å²) < 4.78 is 13.0. The summed E-state index contributed by atoms with van der Waals surface area (Å²) in [6.07, 6.45) is 0.943. The van der Waals surface area contributed by atoms with Crippen LogP contribution in [0.1, 0.15) is 5.56 Å². The highest BCUT2D eigenvalue weighted by Gasteiger charge is 2.06. The van der Waals surface area contributed by atoms with Crippen LogP contribution in [0, 0.1) is 6.92 Å². The maximum Gasteiger partial charge on any atom is 0.245 e. The van der Waals surface area contributed by atoms with E-state index in [0.29, 0.717) is 12.4 Å². The molecule has 2 rings (SSSR count). The van der Waals surface area contributed by atoms with Gasteiger partial charge in [0.15, 0.2) is 0 Å². The van der Waals surface area contributed by atoms with Crippen LogP contribution in [0.15, 0.2) is 30.5 Å². The van der Waals surface area contributed by atoms with Crippen LogP contribution in [0.3, 0.4) is 0 Å². The Morgan fingerprint density at radius 1 is 1.50 bits per heavy atom. The first-order valence-corrected chi connectivity index (χ1v) is 6.36. The molecule has 0 saturated carbocycles. The number of rotatable bonds is 6. The Morgan fingerprint density at radius 3 is 3.11 bits per heavy atom. The van der Waals surface area contributed by atoms with E-state index in [9.17, 15) is 5.11 Å². The van der Waals surface area contributed by atoms with Gasteiger partial charge in [-0.15, -0.1) is 4.37 Å². The van der Waals surface area contributed by atoms with Crippen molar-refractivity contribution in [1.82, 2.24) is 8.75 Å². The number of hydrogen-bond acceptors (Lipinski definition) is 6. The van der Waals surface area contributed by atoms with Crippen LogP contribution in [0.4, 0.5) is 5.69 Å². The topological polar surface area (TPSA) is 67.3 Å². The zero-order chi connectivity index (χ0) is 12.8. The van der Waals surface area contributed by atoms with E-state index < -0.39 is 6.10 Å². The van der Waals surface area contributed by atoms with Gasteiger partial charge < -0.3 is 15.2 Å². The molecule has 96 valence electrons. The molecule has 0 aliphatic carbocycles. The molecule has 1 aromatic carbocycles. The minimum atomic E-state index is -0.591. The molecule has 0 bridgehead atoms. The highest BCUT2D eigenvalue weighted by atomic mass is 32.1. The van der Waals surface area contributed by atoms with Gasteiger partial charge in [-0.05, 0) is 24.6 Å². The molecular formula is C12H15N3O2S.